The Balaban J connectivity index is 2.21. The number of imide groups is 1. The van der Waals surface area contributed by atoms with Gasteiger partial charge >= 0.3 is 5.97 Å². The van der Waals surface area contributed by atoms with Crippen molar-refractivity contribution in [1.82, 2.24) is 4.90 Å². The van der Waals surface area contributed by atoms with Gasteiger partial charge in [0.1, 0.15) is 6.04 Å². The lowest BCUT2D eigenvalue weighted by atomic mass is 10.0. The van der Waals surface area contributed by atoms with Gasteiger partial charge < -0.3 is 5.11 Å². The molecule has 0 radical (unpaired) electrons. The SMILES string of the molecule is O=C(O)C(Cc1ccsc1)N1C(=O)CCCC1=O. The first-order valence-corrected chi connectivity index (χ1v) is 6.62. The van der Waals surface area contributed by atoms with E-state index in [0.29, 0.717) is 6.42 Å². The number of piperidine rings is 1. The van der Waals surface area contributed by atoms with Crippen LogP contribution in [0.3, 0.4) is 0 Å². The summed E-state index contributed by atoms with van der Waals surface area (Å²) in [5.74, 6) is -1.90. The fourth-order valence-corrected chi connectivity index (χ4v) is 2.72. The van der Waals surface area contributed by atoms with E-state index in [0.717, 1.165) is 10.5 Å². The quantitative estimate of drug-likeness (QED) is 0.834. The molecule has 5 nitrogen and oxygen atoms in total. The van der Waals surface area contributed by atoms with Crippen molar-refractivity contribution >= 4 is 29.1 Å². The molecule has 1 fully saturated rings. The average molecular weight is 267 g/mol. The lowest BCUT2D eigenvalue weighted by Gasteiger charge is -2.30. The van der Waals surface area contributed by atoms with Gasteiger partial charge in [0.2, 0.25) is 11.8 Å². The Morgan fingerprint density at radius 3 is 2.56 bits per heavy atom. The Morgan fingerprint density at radius 1 is 1.39 bits per heavy atom. The largest absolute Gasteiger partial charge is 0.480 e. The van der Waals surface area contributed by atoms with Crippen LogP contribution in [-0.4, -0.2) is 33.8 Å². The number of hydrogen-bond acceptors (Lipinski definition) is 4. The van der Waals surface area contributed by atoms with Gasteiger partial charge in [0, 0.05) is 19.3 Å². The van der Waals surface area contributed by atoms with Crippen LogP contribution in [0.15, 0.2) is 16.8 Å². The number of thiophene rings is 1. The van der Waals surface area contributed by atoms with Crippen LogP contribution in [0.25, 0.3) is 0 Å². The highest BCUT2D eigenvalue weighted by Crippen LogP contribution is 2.19. The summed E-state index contributed by atoms with van der Waals surface area (Å²) in [4.78, 5) is 35.6. The third kappa shape index (κ3) is 2.59. The van der Waals surface area contributed by atoms with Crippen LogP contribution < -0.4 is 0 Å². The van der Waals surface area contributed by atoms with Crippen molar-refractivity contribution in [3.8, 4) is 0 Å². The second kappa shape index (κ2) is 5.30. The molecule has 6 heteroatoms. The third-order valence-corrected chi connectivity index (χ3v) is 3.66. The number of carbonyl (C=O) groups excluding carboxylic acids is 2. The lowest BCUT2D eigenvalue weighted by Crippen LogP contribution is -2.51. The molecule has 0 spiro atoms. The molecule has 1 atom stereocenters. The van der Waals surface area contributed by atoms with Crippen LogP contribution >= 0.6 is 11.3 Å². The first-order chi connectivity index (χ1) is 8.59. The van der Waals surface area contributed by atoms with E-state index in [1.54, 1.807) is 6.07 Å². The molecule has 0 bridgehead atoms. The Bertz CT molecular complexity index is 452. The normalized spacial score (nSPS) is 17.9. The second-order valence-electron chi connectivity index (χ2n) is 4.20. The molecule has 1 aliphatic rings. The molecule has 2 rings (SSSR count). The highest BCUT2D eigenvalue weighted by molar-refractivity contribution is 7.07. The predicted molar refractivity (Wildman–Crippen MR) is 65.2 cm³/mol. The van der Waals surface area contributed by atoms with Gasteiger partial charge in [-0.15, -0.1) is 0 Å². The highest BCUT2D eigenvalue weighted by atomic mass is 32.1. The molecule has 0 saturated carbocycles. The molecule has 2 heterocycles. The summed E-state index contributed by atoms with van der Waals surface area (Å²) < 4.78 is 0. The molecule has 96 valence electrons. The average Bonchev–Trinajstić information content (AvgIpc) is 2.80. The Labute approximate surface area is 108 Å². The minimum Gasteiger partial charge on any atom is -0.480 e. The van der Waals surface area contributed by atoms with Crippen molar-refractivity contribution in [1.29, 1.82) is 0 Å². The number of amides is 2. The molecular weight excluding hydrogens is 254 g/mol. The molecule has 1 unspecified atom stereocenters. The summed E-state index contributed by atoms with van der Waals surface area (Å²) in [5.41, 5.74) is 0.832. The summed E-state index contributed by atoms with van der Waals surface area (Å²) in [6.07, 6.45) is 1.19. The van der Waals surface area contributed by atoms with Crippen molar-refractivity contribution in [2.75, 3.05) is 0 Å². The van der Waals surface area contributed by atoms with Crippen LogP contribution in [0, 0.1) is 0 Å². The van der Waals surface area contributed by atoms with Crippen LogP contribution in [0.1, 0.15) is 24.8 Å². The van der Waals surface area contributed by atoms with E-state index >= 15 is 0 Å². The maximum atomic E-state index is 11.7. The predicted octanol–water partition coefficient (Wildman–Crippen LogP) is 1.28. The zero-order valence-corrected chi connectivity index (χ0v) is 10.5. The van der Waals surface area contributed by atoms with Crippen molar-refractivity contribution < 1.29 is 19.5 Å². The second-order valence-corrected chi connectivity index (χ2v) is 4.98. The van der Waals surface area contributed by atoms with E-state index in [1.165, 1.54) is 11.3 Å². The monoisotopic (exact) mass is 267 g/mol. The number of likely N-dealkylation sites (tertiary alicyclic amines) is 1. The molecule has 1 N–H and O–H groups in total. The minimum atomic E-state index is -1.13. The number of nitrogens with zero attached hydrogens (tertiary/aromatic N) is 1. The van der Waals surface area contributed by atoms with Crippen LogP contribution in [0.2, 0.25) is 0 Å². The molecule has 18 heavy (non-hydrogen) atoms. The van der Waals surface area contributed by atoms with E-state index in [2.05, 4.69) is 0 Å². The summed E-state index contributed by atoms with van der Waals surface area (Å²) in [7, 11) is 0. The van der Waals surface area contributed by atoms with E-state index in [1.807, 2.05) is 10.8 Å². The maximum Gasteiger partial charge on any atom is 0.327 e. The fraction of sp³-hybridized carbons (Fsp3) is 0.417. The van der Waals surface area contributed by atoms with E-state index in [4.69, 9.17) is 0 Å². The highest BCUT2D eigenvalue weighted by Gasteiger charge is 2.36. The lowest BCUT2D eigenvalue weighted by molar-refractivity contribution is -0.160. The van der Waals surface area contributed by atoms with Gasteiger partial charge in [-0.25, -0.2) is 4.79 Å². The van der Waals surface area contributed by atoms with Crippen LogP contribution in [0.5, 0.6) is 0 Å². The number of carboxylic acid groups (broad SMARTS) is 1. The van der Waals surface area contributed by atoms with Gasteiger partial charge in [-0.1, -0.05) is 0 Å². The van der Waals surface area contributed by atoms with Crippen LogP contribution in [0.4, 0.5) is 0 Å². The molecular formula is C12H13NO4S. The molecule has 1 aromatic rings. The summed E-state index contributed by atoms with van der Waals surface area (Å²) in [6, 6.07) is 0.722. The molecule has 1 aromatic heterocycles. The molecule has 1 aliphatic heterocycles. The topological polar surface area (TPSA) is 74.7 Å². The van der Waals surface area contributed by atoms with Crippen molar-refractivity contribution in [3.63, 3.8) is 0 Å². The van der Waals surface area contributed by atoms with Gasteiger partial charge in [0.05, 0.1) is 0 Å². The third-order valence-electron chi connectivity index (χ3n) is 2.92. The zero-order chi connectivity index (χ0) is 13.1. The number of aliphatic carboxylic acids is 1. The number of carbonyl (C=O) groups is 3. The zero-order valence-electron chi connectivity index (χ0n) is 9.67. The van der Waals surface area contributed by atoms with Gasteiger partial charge in [0.25, 0.3) is 0 Å². The molecule has 0 aliphatic carbocycles. The molecule has 1 saturated heterocycles. The van der Waals surface area contributed by atoms with Gasteiger partial charge in [-0.3, -0.25) is 14.5 Å². The summed E-state index contributed by atoms with van der Waals surface area (Å²) >= 11 is 1.46. The fourth-order valence-electron chi connectivity index (χ4n) is 2.04. The van der Waals surface area contributed by atoms with Crippen molar-refractivity contribution in [2.24, 2.45) is 0 Å². The number of carboxylic acids is 1. The number of hydrogen-bond donors (Lipinski definition) is 1. The summed E-state index contributed by atoms with van der Waals surface area (Å²) in [6.45, 7) is 0. The van der Waals surface area contributed by atoms with Gasteiger partial charge in [-0.05, 0) is 28.8 Å². The van der Waals surface area contributed by atoms with Crippen molar-refractivity contribution in [3.05, 3.63) is 22.4 Å². The summed E-state index contributed by atoms with van der Waals surface area (Å²) in [5, 5.41) is 12.9. The number of rotatable bonds is 4. The smallest absolute Gasteiger partial charge is 0.327 e. The molecule has 2 amide bonds. The first-order valence-electron chi connectivity index (χ1n) is 5.68. The van der Waals surface area contributed by atoms with E-state index in [9.17, 15) is 19.5 Å². The van der Waals surface area contributed by atoms with Gasteiger partial charge in [-0.2, -0.15) is 11.3 Å². The minimum absolute atomic E-state index is 0.177. The standard InChI is InChI=1S/C12H13NO4S/c14-10-2-1-3-11(15)13(10)9(12(16)17)6-8-4-5-18-7-8/h4-5,7,9H,1-3,6H2,(H,16,17). The molecule has 0 aromatic carbocycles. The van der Waals surface area contributed by atoms with E-state index < -0.39 is 12.0 Å². The Kier molecular flexibility index (Phi) is 3.76. The first kappa shape index (κ1) is 12.8. The van der Waals surface area contributed by atoms with Crippen LogP contribution in [-0.2, 0) is 20.8 Å². The Morgan fingerprint density at radius 2 is 2.06 bits per heavy atom. The van der Waals surface area contributed by atoms with E-state index in [-0.39, 0.29) is 31.1 Å². The maximum absolute atomic E-state index is 11.7. The Hall–Kier alpha value is -1.69. The van der Waals surface area contributed by atoms with Gasteiger partial charge in [0.15, 0.2) is 0 Å². The van der Waals surface area contributed by atoms with Crippen molar-refractivity contribution in [2.45, 2.75) is 31.7 Å².